The minimum Gasteiger partial charge on any atom is -0.345 e. The van der Waals surface area contributed by atoms with Gasteiger partial charge in [-0.25, -0.2) is 19.9 Å². The number of hydrogen-bond acceptors (Lipinski definition) is 4. The zero-order valence-corrected chi connectivity index (χ0v) is 19.1. The Hall–Kier alpha value is -4.20. The van der Waals surface area contributed by atoms with Crippen molar-refractivity contribution in [2.45, 2.75) is 32.6 Å². The fourth-order valence-electron chi connectivity index (χ4n) is 4.44. The van der Waals surface area contributed by atoms with Gasteiger partial charge in [0.2, 0.25) is 0 Å². The van der Waals surface area contributed by atoms with Crippen LogP contribution in [0.1, 0.15) is 44.3 Å². The molecule has 0 saturated carbocycles. The molecule has 0 aliphatic carbocycles. The van der Waals surface area contributed by atoms with Crippen molar-refractivity contribution in [1.82, 2.24) is 39.9 Å². The van der Waals surface area contributed by atoms with Gasteiger partial charge < -0.3 is 19.9 Å². The molecular formula is C26H26N8. The molecule has 4 N–H and O–H groups in total. The van der Waals surface area contributed by atoms with Crippen molar-refractivity contribution in [2.24, 2.45) is 5.92 Å². The van der Waals surface area contributed by atoms with Gasteiger partial charge in [0.05, 0.1) is 28.0 Å². The SMILES string of the molecule is CCC(C)CC(c1nc2cc(-c3ncc[nH]3)ccc2[nH]1)c1nc2cc(-c3ncc[nH]3)ccc2[nH]1. The van der Waals surface area contributed by atoms with Crippen LogP contribution in [-0.2, 0) is 0 Å². The van der Waals surface area contributed by atoms with Crippen molar-refractivity contribution in [1.29, 1.82) is 0 Å². The first-order chi connectivity index (χ1) is 16.7. The minimum atomic E-state index is 0.0360. The van der Waals surface area contributed by atoms with Crippen molar-refractivity contribution < 1.29 is 0 Å². The van der Waals surface area contributed by atoms with E-state index in [1.54, 1.807) is 12.4 Å². The smallest absolute Gasteiger partial charge is 0.137 e. The standard InChI is InChI=1S/C26H26N8/c1-3-15(2)12-18(25-31-19-6-4-16(13-21(19)33-25)23-27-8-9-28-23)26-32-20-7-5-17(14-22(20)34-26)24-29-10-11-30-24/h4-11,13-15,18H,3,12H2,1-2H3,(H,27,28)(H,29,30)(H,31,33)(H,32,34). The molecule has 0 saturated heterocycles. The number of imidazole rings is 4. The van der Waals surface area contributed by atoms with Crippen molar-refractivity contribution in [3.63, 3.8) is 0 Å². The van der Waals surface area contributed by atoms with Gasteiger partial charge in [-0.3, -0.25) is 0 Å². The highest BCUT2D eigenvalue weighted by Gasteiger charge is 2.24. The van der Waals surface area contributed by atoms with E-state index in [1.807, 2.05) is 12.4 Å². The molecular weight excluding hydrogens is 424 g/mol. The Morgan fingerprint density at radius 1 is 0.765 bits per heavy atom. The second-order valence-corrected chi connectivity index (χ2v) is 8.89. The molecule has 6 rings (SSSR count). The van der Waals surface area contributed by atoms with Crippen molar-refractivity contribution >= 4 is 22.1 Å². The Morgan fingerprint density at radius 2 is 1.29 bits per heavy atom. The quantitative estimate of drug-likeness (QED) is 0.246. The van der Waals surface area contributed by atoms with Gasteiger partial charge >= 0.3 is 0 Å². The van der Waals surface area contributed by atoms with Gasteiger partial charge in [-0.05, 0) is 48.7 Å². The molecule has 0 radical (unpaired) electrons. The lowest BCUT2D eigenvalue weighted by Crippen LogP contribution is -2.10. The number of hydrogen-bond donors (Lipinski definition) is 4. The molecule has 0 spiro atoms. The Bertz CT molecular complexity index is 1430. The zero-order chi connectivity index (χ0) is 23.1. The van der Waals surface area contributed by atoms with E-state index in [-0.39, 0.29) is 5.92 Å². The van der Waals surface area contributed by atoms with E-state index >= 15 is 0 Å². The molecule has 4 aromatic heterocycles. The fourth-order valence-corrected chi connectivity index (χ4v) is 4.44. The van der Waals surface area contributed by atoms with Gasteiger partial charge in [0.1, 0.15) is 23.3 Å². The van der Waals surface area contributed by atoms with Crippen LogP contribution >= 0.6 is 0 Å². The Labute approximate surface area is 196 Å². The van der Waals surface area contributed by atoms with Crippen molar-refractivity contribution in [3.05, 3.63) is 72.8 Å². The monoisotopic (exact) mass is 450 g/mol. The fraction of sp³-hybridized carbons (Fsp3) is 0.231. The topological polar surface area (TPSA) is 115 Å². The number of aromatic amines is 4. The zero-order valence-electron chi connectivity index (χ0n) is 19.1. The van der Waals surface area contributed by atoms with Crippen LogP contribution in [0.25, 0.3) is 44.8 Å². The van der Waals surface area contributed by atoms with E-state index in [4.69, 9.17) is 9.97 Å². The number of fused-ring (bicyclic) bond motifs is 2. The number of nitrogens with one attached hydrogen (secondary N) is 4. The third kappa shape index (κ3) is 3.67. The largest absolute Gasteiger partial charge is 0.345 e. The van der Waals surface area contributed by atoms with Crippen LogP contribution in [0.4, 0.5) is 0 Å². The Morgan fingerprint density at radius 3 is 1.74 bits per heavy atom. The molecule has 0 amide bonds. The second kappa shape index (κ2) is 8.30. The molecule has 170 valence electrons. The summed E-state index contributed by atoms with van der Waals surface area (Å²) < 4.78 is 0. The molecule has 1 atom stereocenters. The first-order valence-electron chi connectivity index (χ1n) is 11.7. The van der Waals surface area contributed by atoms with Crippen LogP contribution in [0.2, 0.25) is 0 Å². The lowest BCUT2D eigenvalue weighted by molar-refractivity contribution is 0.468. The summed E-state index contributed by atoms with van der Waals surface area (Å²) in [6.45, 7) is 4.51. The highest BCUT2D eigenvalue weighted by Crippen LogP contribution is 2.33. The normalized spacial score (nSPS) is 12.8. The molecule has 0 aliphatic rings. The van der Waals surface area contributed by atoms with Gasteiger partial charge in [-0.15, -0.1) is 0 Å². The van der Waals surface area contributed by atoms with Crippen LogP contribution in [0, 0.1) is 5.92 Å². The summed E-state index contributed by atoms with van der Waals surface area (Å²) in [7, 11) is 0. The van der Waals surface area contributed by atoms with Crippen LogP contribution in [0.15, 0.2) is 61.2 Å². The maximum absolute atomic E-state index is 5.00. The average molecular weight is 451 g/mol. The minimum absolute atomic E-state index is 0.0360. The molecule has 6 aromatic rings. The molecule has 2 aromatic carbocycles. The second-order valence-electron chi connectivity index (χ2n) is 8.89. The summed E-state index contributed by atoms with van der Waals surface area (Å²) in [6.07, 6.45) is 9.23. The number of benzene rings is 2. The highest BCUT2D eigenvalue weighted by molar-refractivity contribution is 5.82. The Balaban J connectivity index is 1.41. The van der Waals surface area contributed by atoms with E-state index in [2.05, 4.69) is 80.1 Å². The summed E-state index contributed by atoms with van der Waals surface area (Å²) in [6, 6.07) is 12.4. The number of nitrogens with zero attached hydrogens (tertiary/aromatic N) is 4. The number of H-pyrrole nitrogens is 4. The summed E-state index contributed by atoms with van der Waals surface area (Å²) in [5, 5.41) is 0. The molecule has 0 fully saturated rings. The van der Waals surface area contributed by atoms with Crippen molar-refractivity contribution in [2.75, 3.05) is 0 Å². The molecule has 8 nitrogen and oxygen atoms in total. The summed E-state index contributed by atoms with van der Waals surface area (Å²) in [5.41, 5.74) is 5.90. The first kappa shape index (κ1) is 20.4. The van der Waals surface area contributed by atoms with Crippen molar-refractivity contribution in [3.8, 4) is 22.8 Å². The van der Waals surface area contributed by atoms with Crippen LogP contribution in [0.5, 0.6) is 0 Å². The molecule has 8 heteroatoms. The molecule has 1 unspecified atom stereocenters. The first-order valence-corrected chi connectivity index (χ1v) is 11.7. The van der Waals surface area contributed by atoms with E-state index in [1.165, 1.54) is 0 Å². The maximum Gasteiger partial charge on any atom is 0.137 e. The van der Waals surface area contributed by atoms with E-state index < -0.39 is 0 Å². The van der Waals surface area contributed by atoms with Crippen LogP contribution in [0.3, 0.4) is 0 Å². The third-order valence-electron chi connectivity index (χ3n) is 6.54. The van der Waals surface area contributed by atoms with Gasteiger partial charge in [0, 0.05) is 35.9 Å². The van der Waals surface area contributed by atoms with Gasteiger partial charge in [0.15, 0.2) is 0 Å². The summed E-state index contributed by atoms with van der Waals surface area (Å²) in [4.78, 5) is 32.2. The molecule has 34 heavy (non-hydrogen) atoms. The highest BCUT2D eigenvalue weighted by atomic mass is 15.0. The van der Waals surface area contributed by atoms with E-state index in [0.29, 0.717) is 5.92 Å². The third-order valence-corrected chi connectivity index (χ3v) is 6.54. The van der Waals surface area contributed by atoms with Gasteiger partial charge in [-0.2, -0.15) is 0 Å². The maximum atomic E-state index is 5.00. The van der Waals surface area contributed by atoms with Gasteiger partial charge in [-0.1, -0.05) is 20.3 Å². The molecule has 0 bridgehead atoms. The molecule has 4 heterocycles. The lowest BCUT2D eigenvalue weighted by atomic mass is 9.93. The summed E-state index contributed by atoms with van der Waals surface area (Å²) >= 11 is 0. The van der Waals surface area contributed by atoms with Crippen LogP contribution < -0.4 is 0 Å². The average Bonchev–Trinajstić information content (AvgIpc) is 3.67. The van der Waals surface area contributed by atoms with Gasteiger partial charge in [0.25, 0.3) is 0 Å². The number of rotatable bonds is 7. The van der Waals surface area contributed by atoms with Crippen LogP contribution in [-0.4, -0.2) is 39.9 Å². The van der Waals surface area contributed by atoms with E-state index in [0.717, 1.165) is 69.3 Å². The predicted molar refractivity (Wildman–Crippen MR) is 133 cm³/mol. The lowest BCUT2D eigenvalue weighted by Gasteiger charge is -2.16. The molecule has 0 aliphatic heterocycles. The number of aromatic nitrogens is 8. The Kier molecular flexibility index (Phi) is 4.98. The summed E-state index contributed by atoms with van der Waals surface area (Å²) in [5.74, 6) is 4.10. The van der Waals surface area contributed by atoms with E-state index in [9.17, 15) is 0 Å². The predicted octanol–water partition coefficient (Wildman–Crippen LogP) is 5.79.